The van der Waals surface area contributed by atoms with Gasteiger partial charge in [0, 0.05) is 24.1 Å². The molecule has 0 unspecified atom stereocenters. The smallest absolute Gasteiger partial charge is 0.339 e. The fraction of sp³-hybridized carbons (Fsp3) is 0.227. The van der Waals surface area contributed by atoms with Gasteiger partial charge in [-0.15, -0.1) is 0 Å². The molecule has 0 fully saturated rings. The molecule has 3 N–H and O–H groups in total. The molecule has 1 aromatic heterocycles. The van der Waals surface area contributed by atoms with Crippen molar-refractivity contribution in [1.29, 1.82) is 0 Å². The van der Waals surface area contributed by atoms with Gasteiger partial charge < -0.3 is 19.9 Å². The molecule has 1 heterocycles. The molecular weight excluding hydrogens is 372 g/mol. The Kier molecular flexibility index (Phi) is 5.97. The number of carboxylic acids is 1. The van der Waals surface area contributed by atoms with E-state index in [1.54, 1.807) is 6.20 Å². The molecule has 3 rings (SSSR count). The molecule has 0 saturated heterocycles. The average molecular weight is 394 g/mol. The second kappa shape index (κ2) is 8.60. The summed E-state index contributed by atoms with van der Waals surface area (Å²) in [5, 5.41) is 21.1. The number of nitrogens with zero attached hydrogens (tertiary/aromatic N) is 1. The topological polar surface area (TPSA) is 113 Å². The van der Waals surface area contributed by atoms with Crippen LogP contribution in [0.1, 0.15) is 48.0 Å². The molecule has 7 heteroatoms. The lowest BCUT2D eigenvalue weighted by molar-refractivity contribution is -0.116. The van der Waals surface area contributed by atoms with Crippen molar-refractivity contribution in [3.63, 3.8) is 0 Å². The Labute approximate surface area is 168 Å². The number of anilines is 1. The highest BCUT2D eigenvalue weighted by Gasteiger charge is 2.13. The molecule has 0 aliphatic carbocycles. The Balaban J connectivity index is 1.59. The first-order valence-electron chi connectivity index (χ1n) is 9.24. The van der Waals surface area contributed by atoms with Crippen LogP contribution in [0, 0.1) is 0 Å². The van der Waals surface area contributed by atoms with Crippen LogP contribution >= 0.6 is 0 Å². The van der Waals surface area contributed by atoms with Gasteiger partial charge in [0.15, 0.2) is 11.7 Å². The van der Waals surface area contributed by atoms with E-state index in [-0.39, 0.29) is 23.6 Å². The van der Waals surface area contributed by atoms with E-state index in [9.17, 15) is 14.7 Å². The summed E-state index contributed by atoms with van der Waals surface area (Å²) in [5.41, 5.74) is 2.18. The van der Waals surface area contributed by atoms with Gasteiger partial charge >= 0.3 is 5.97 Å². The zero-order valence-corrected chi connectivity index (χ0v) is 16.2. The van der Waals surface area contributed by atoms with Gasteiger partial charge in [0.2, 0.25) is 5.91 Å². The van der Waals surface area contributed by atoms with Crippen molar-refractivity contribution in [2.24, 2.45) is 0 Å². The Morgan fingerprint density at radius 1 is 1.14 bits per heavy atom. The second-order valence-corrected chi connectivity index (χ2v) is 6.98. The Bertz CT molecular complexity index is 1020. The van der Waals surface area contributed by atoms with Crippen LogP contribution in [0.3, 0.4) is 0 Å². The number of hydrogen-bond acceptors (Lipinski definition) is 5. The second-order valence-electron chi connectivity index (χ2n) is 6.98. The van der Waals surface area contributed by atoms with E-state index in [1.165, 1.54) is 23.8 Å². The third-order valence-corrected chi connectivity index (χ3v) is 4.49. The fourth-order valence-corrected chi connectivity index (χ4v) is 2.82. The minimum Gasteiger partial charge on any atom is -0.507 e. The zero-order valence-electron chi connectivity index (χ0n) is 16.2. The van der Waals surface area contributed by atoms with Crippen molar-refractivity contribution in [1.82, 2.24) is 4.98 Å². The fourth-order valence-electron chi connectivity index (χ4n) is 2.82. The van der Waals surface area contributed by atoms with Crippen molar-refractivity contribution in [2.75, 3.05) is 5.32 Å². The molecule has 0 aliphatic rings. The molecule has 29 heavy (non-hydrogen) atoms. The van der Waals surface area contributed by atoms with Gasteiger partial charge in [-0.2, -0.15) is 0 Å². The summed E-state index contributed by atoms with van der Waals surface area (Å²) in [6, 6.07) is 11.9. The van der Waals surface area contributed by atoms with Crippen LogP contribution in [0.5, 0.6) is 5.75 Å². The van der Waals surface area contributed by atoms with Crippen LogP contribution < -0.4 is 5.32 Å². The van der Waals surface area contributed by atoms with E-state index in [4.69, 9.17) is 9.52 Å². The maximum Gasteiger partial charge on any atom is 0.339 e. The van der Waals surface area contributed by atoms with Crippen LogP contribution in [0.25, 0.3) is 11.3 Å². The number of aromatic hydroxyl groups is 1. The summed E-state index contributed by atoms with van der Waals surface area (Å²) in [4.78, 5) is 27.4. The minimum absolute atomic E-state index is 0.121. The van der Waals surface area contributed by atoms with Crippen LogP contribution in [-0.2, 0) is 11.2 Å². The third kappa shape index (κ3) is 5.01. The molecule has 0 saturated carbocycles. The highest BCUT2D eigenvalue weighted by molar-refractivity contribution is 5.95. The lowest BCUT2D eigenvalue weighted by Gasteiger charge is -2.06. The lowest BCUT2D eigenvalue weighted by Crippen LogP contribution is -2.13. The van der Waals surface area contributed by atoms with Gasteiger partial charge in [-0.1, -0.05) is 38.1 Å². The summed E-state index contributed by atoms with van der Waals surface area (Å²) in [5.74, 6) is -0.405. The zero-order chi connectivity index (χ0) is 21.0. The van der Waals surface area contributed by atoms with E-state index in [0.29, 0.717) is 29.7 Å². The number of carboxylic acid groups (broad SMARTS) is 1. The number of aryl methyl sites for hydroxylation is 1. The van der Waals surface area contributed by atoms with Gasteiger partial charge in [0.25, 0.3) is 0 Å². The van der Waals surface area contributed by atoms with Crippen molar-refractivity contribution >= 4 is 17.6 Å². The molecule has 2 aromatic carbocycles. The number of amides is 1. The maximum atomic E-state index is 12.1. The van der Waals surface area contributed by atoms with E-state index in [2.05, 4.69) is 36.3 Å². The van der Waals surface area contributed by atoms with Crippen LogP contribution in [0.4, 0.5) is 5.69 Å². The summed E-state index contributed by atoms with van der Waals surface area (Å²) in [6.07, 6.45) is 2.06. The maximum absolute atomic E-state index is 12.1. The average Bonchev–Trinajstić information content (AvgIpc) is 3.17. The highest BCUT2D eigenvalue weighted by atomic mass is 16.4. The number of rotatable bonds is 7. The molecule has 0 atom stereocenters. The number of aromatic carboxylic acids is 1. The van der Waals surface area contributed by atoms with Crippen molar-refractivity contribution in [2.45, 2.75) is 32.6 Å². The number of benzene rings is 2. The minimum atomic E-state index is -1.27. The quantitative estimate of drug-likeness (QED) is 0.511. The molecule has 0 radical (unpaired) electrons. The molecule has 3 aromatic rings. The predicted molar refractivity (Wildman–Crippen MR) is 108 cm³/mol. The summed E-state index contributed by atoms with van der Waals surface area (Å²) in [6.45, 7) is 4.26. The molecule has 1 amide bonds. The van der Waals surface area contributed by atoms with Gasteiger partial charge in [0.1, 0.15) is 11.3 Å². The summed E-state index contributed by atoms with van der Waals surface area (Å²) in [7, 11) is 0. The number of hydrogen-bond donors (Lipinski definition) is 3. The van der Waals surface area contributed by atoms with E-state index < -0.39 is 5.97 Å². The Morgan fingerprint density at radius 2 is 1.86 bits per heavy atom. The van der Waals surface area contributed by atoms with Gasteiger partial charge in [-0.3, -0.25) is 4.79 Å². The summed E-state index contributed by atoms with van der Waals surface area (Å²) < 4.78 is 5.74. The molecule has 0 bridgehead atoms. The number of carbonyl (C=O) groups is 2. The highest BCUT2D eigenvalue weighted by Crippen LogP contribution is 2.24. The van der Waals surface area contributed by atoms with Crippen molar-refractivity contribution < 1.29 is 24.2 Å². The first-order valence-corrected chi connectivity index (χ1v) is 9.24. The molecular formula is C22H22N2O5. The standard InChI is InChI=1S/C22H22N2O5/c1-13(2)14-3-5-15(6-4-14)19-12-23-21(29-19)10-9-20(26)24-16-7-8-18(25)17(11-16)22(27)28/h3-8,11-13,25H,9-10H2,1-2H3,(H,24,26)(H,27,28). The number of carbonyl (C=O) groups excluding carboxylic acids is 1. The Morgan fingerprint density at radius 3 is 2.52 bits per heavy atom. The SMILES string of the molecule is CC(C)c1ccc(-c2cnc(CCC(=O)Nc3ccc(O)c(C(=O)O)c3)o2)cc1. The predicted octanol–water partition coefficient (Wildman–Crippen LogP) is 4.44. The first kappa shape index (κ1) is 20.1. The van der Waals surface area contributed by atoms with Gasteiger partial charge in [-0.25, -0.2) is 9.78 Å². The largest absolute Gasteiger partial charge is 0.507 e. The lowest BCUT2D eigenvalue weighted by atomic mass is 10.0. The number of phenols is 1. The normalized spacial score (nSPS) is 10.9. The van der Waals surface area contributed by atoms with E-state index in [0.717, 1.165) is 5.56 Å². The third-order valence-electron chi connectivity index (χ3n) is 4.49. The molecule has 0 spiro atoms. The Hall–Kier alpha value is -3.61. The van der Waals surface area contributed by atoms with Crippen LogP contribution in [0.15, 0.2) is 53.1 Å². The molecule has 0 aliphatic heterocycles. The number of aromatic nitrogens is 1. The van der Waals surface area contributed by atoms with E-state index >= 15 is 0 Å². The number of oxazole rings is 1. The molecule has 7 nitrogen and oxygen atoms in total. The van der Waals surface area contributed by atoms with Crippen LogP contribution in [0.2, 0.25) is 0 Å². The van der Waals surface area contributed by atoms with Crippen molar-refractivity contribution in [3.8, 4) is 17.1 Å². The number of nitrogens with one attached hydrogen (secondary N) is 1. The van der Waals surface area contributed by atoms with Crippen molar-refractivity contribution in [3.05, 3.63) is 65.7 Å². The summed E-state index contributed by atoms with van der Waals surface area (Å²) >= 11 is 0. The van der Waals surface area contributed by atoms with Gasteiger partial charge in [0.05, 0.1) is 6.20 Å². The van der Waals surface area contributed by atoms with E-state index in [1.807, 2.05) is 12.1 Å². The van der Waals surface area contributed by atoms with Gasteiger partial charge in [-0.05, 0) is 29.7 Å². The van der Waals surface area contributed by atoms with Crippen LogP contribution in [-0.4, -0.2) is 27.1 Å². The molecule has 150 valence electrons. The first-order chi connectivity index (χ1) is 13.8. The monoisotopic (exact) mass is 394 g/mol.